The van der Waals surface area contributed by atoms with Crippen LogP contribution in [0.2, 0.25) is 0 Å². The maximum atomic E-state index is 12.3. The van der Waals surface area contributed by atoms with Crippen molar-refractivity contribution in [2.24, 2.45) is 5.92 Å². The molecule has 1 aliphatic rings. The third-order valence-corrected chi connectivity index (χ3v) is 4.85. The van der Waals surface area contributed by atoms with Crippen molar-refractivity contribution in [3.63, 3.8) is 0 Å². The van der Waals surface area contributed by atoms with Crippen molar-refractivity contribution >= 4 is 23.3 Å². The Bertz CT molecular complexity index is 485. The topological polar surface area (TPSA) is 69.6 Å². The van der Waals surface area contributed by atoms with Crippen LogP contribution in [0.5, 0.6) is 0 Å². The molecule has 1 aliphatic carbocycles. The van der Waals surface area contributed by atoms with Gasteiger partial charge in [0.05, 0.1) is 6.42 Å². The van der Waals surface area contributed by atoms with Crippen LogP contribution in [-0.2, 0) is 11.2 Å². The molecule has 1 aromatic rings. The highest BCUT2D eigenvalue weighted by atomic mass is 32.1. The molecule has 116 valence electrons. The monoisotopic (exact) mass is 310 g/mol. The molecule has 21 heavy (non-hydrogen) atoms. The summed E-state index contributed by atoms with van der Waals surface area (Å²) in [5, 5.41) is 13.8. The number of hydrogen-bond donors (Lipinski definition) is 2. The number of likely N-dealkylation sites (N-methyl/N-ethyl adjacent to an activating group) is 1. The summed E-state index contributed by atoms with van der Waals surface area (Å²) in [5.41, 5.74) is 0. The Morgan fingerprint density at radius 2 is 2.24 bits per heavy atom. The largest absolute Gasteiger partial charge is 0.481 e. The van der Waals surface area contributed by atoms with Crippen LogP contribution in [0.3, 0.4) is 0 Å². The molecule has 0 spiro atoms. The molecular weight excluding hydrogens is 288 g/mol. The number of carbonyl (C=O) groups excluding carboxylic acids is 1. The van der Waals surface area contributed by atoms with Gasteiger partial charge in [-0.1, -0.05) is 6.07 Å². The molecule has 0 aromatic carbocycles. The number of nitrogens with zero attached hydrogens (tertiary/aromatic N) is 1. The number of rotatable bonds is 7. The Morgan fingerprint density at radius 3 is 2.76 bits per heavy atom. The Labute approximate surface area is 129 Å². The van der Waals surface area contributed by atoms with Gasteiger partial charge < -0.3 is 15.3 Å². The molecule has 1 saturated carbocycles. The van der Waals surface area contributed by atoms with Crippen molar-refractivity contribution in [3.8, 4) is 0 Å². The summed E-state index contributed by atoms with van der Waals surface area (Å²) in [4.78, 5) is 26.0. The van der Waals surface area contributed by atoms with E-state index >= 15 is 0 Å². The fourth-order valence-electron chi connectivity index (χ4n) is 2.34. The zero-order valence-corrected chi connectivity index (χ0v) is 13.2. The lowest BCUT2D eigenvalue weighted by atomic mass is 10.1. The second-order valence-corrected chi connectivity index (χ2v) is 6.77. The fourth-order valence-corrected chi connectivity index (χ4v) is 3.17. The molecule has 2 N–H and O–H groups in total. The molecule has 5 nitrogen and oxygen atoms in total. The van der Waals surface area contributed by atoms with Crippen LogP contribution in [0.4, 0.5) is 4.79 Å². The summed E-state index contributed by atoms with van der Waals surface area (Å²) < 4.78 is 0. The molecule has 2 amide bonds. The van der Waals surface area contributed by atoms with Crippen LogP contribution in [0.25, 0.3) is 0 Å². The maximum Gasteiger partial charge on any atom is 0.317 e. The van der Waals surface area contributed by atoms with E-state index in [9.17, 15) is 9.59 Å². The van der Waals surface area contributed by atoms with Gasteiger partial charge in [-0.15, -0.1) is 11.3 Å². The minimum Gasteiger partial charge on any atom is -0.481 e. The zero-order chi connectivity index (χ0) is 15.4. The summed E-state index contributed by atoms with van der Waals surface area (Å²) >= 11 is 1.68. The van der Waals surface area contributed by atoms with Gasteiger partial charge in [0, 0.05) is 30.4 Å². The van der Waals surface area contributed by atoms with Gasteiger partial charge in [-0.3, -0.25) is 4.79 Å². The number of thiophene rings is 1. The third kappa shape index (κ3) is 4.74. The zero-order valence-electron chi connectivity index (χ0n) is 12.4. The van der Waals surface area contributed by atoms with Gasteiger partial charge in [0.25, 0.3) is 0 Å². The summed E-state index contributed by atoms with van der Waals surface area (Å²) in [5.74, 6) is -0.535. The number of amides is 2. The lowest BCUT2D eigenvalue weighted by Crippen LogP contribution is -2.48. The lowest BCUT2D eigenvalue weighted by molar-refractivity contribution is -0.137. The highest BCUT2D eigenvalue weighted by molar-refractivity contribution is 7.09. The minimum absolute atomic E-state index is 0.00352. The number of carboxylic acids is 1. The van der Waals surface area contributed by atoms with E-state index in [1.807, 2.05) is 18.4 Å². The molecule has 2 unspecified atom stereocenters. The second-order valence-electron chi connectivity index (χ2n) is 5.73. The molecule has 1 heterocycles. The van der Waals surface area contributed by atoms with E-state index in [0.29, 0.717) is 5.92 Å². The molecule has 0 saturated heterocycles. The summed E-state index contributed by atoms with van der Waals surface area (Å²) in [6, 6.07) is 3.71. The van der Waals surface area contributed by atoms with Crippen molar-refractivity contribution in [2.75, 3.05) is 7.05 Å². The van der Waals surface area contributed by atoms with Gasteiger partial charge in [-0.05, 0) is 37.1 Å². The molecule has 0 aliphatic heterocycles. The van der Waals surface area contributed by atoms with E-state index in [-0.39, 0.29) is 24.5 Å². The van der Waals surface area contributed by atoms with Crippen LogP contribution >= 0.6 is 11.3 Å². The van der Waals surface area contributed by atoms with E-state index in [4.69, 9.17) is 5.11 Å². The molecule has 2 rings (SSSR count). The maximum absolute atomic E-state index is 12.3. The van der Waals surface area contributed by atoms with Crippen molar-refractivity contribution in [1.29, 1.82) is 0 Å². The van der Waals surface area contributed by atoms with Crippen LogP contribution in [0.1, 0.15) is 31.1 Å². The standard InChI is InChI=1S/C15H22N2O3S/c1-10(8-12-4-3-7-21-12)17(2)15(20)16-13(9-14(18)19)11-5-6-11/h3-4,7,10-11,13H,5-6,8-9H2,1-2H3,(H,16,20)(H,18,19). The molecule has 0 radical (unpaired) electrons. The number of aliphatic carboxylic acids is 1. The van der Waals surface area contributed by atoms with Gasteiger partial charge in [0.1, 0.15) is 0 Å². The van der Waals surface area contributed by atoms with Gasteiger partial charge in [-0.2, -0.15) is 0 Å². The van der Waals surface area contributed by atoms with Gasteiger partial charge in [0.2, 0.25) is 0 Å². The Hall–Kier alpha value is -1.56. The number of nitrogens with one attached hydrogen (secondary N) is 1. The van der Waals surface area contributed by atoms with Crippen LogP contribution in [0.15, 0.2) is 17.5 Å². The van der Waals surface area contributed by atoms with E-state index < -0.39 is 5.97 Å². The number of carboxylic acid groups (broad SMARTS) is 1. The first-order valence-corrected chi connectivity index (χ1v) is 8.13. The van der Waals surface area contributed by atoms with E-state index in [0.717, 1.165) is 19.3 Å². The molecular formula is C15H22N2O3S. The molecule has 1 fully saturated rings. The Kier molecular flexibility index (Phi) is 5.22. The number of urea groups is 1. The first kappa shape index (κ1) is 15.8. The summed E-state index contributed by atoms with van der Waals surface area (Å²) in [6.07, 6.45) is 2.83. The van der Waals surface area contributed by atoms with Crippen molar-refractivity contribution in [2.45, 2.75) is 44.7 Å². The quantitative estimate of drug-likeness (QED) is 0.813. The molecule has 2 atom stereocenters. The fraction of sp³-hybridized carbons (Fsp3) is 0.600. The first-order chi connectivity index (χ1) is 9.97. The SMILES string of the molecule is CC(Cc1cccs1)N(C)C(=O)NC(CC(=O)O)C1CC1. The average Bonchev–Trinajstić information content (AvgIpc) is 3.15. The first-order valence-electron chi connectivity index (χ1n) is 7.25. The van der Waals surface area contributed by atoms with Gasteiger partial charge in [-0.25, -0.2) is 4.79 Å². The molecule has 1 aromatic heterocycles. The summed E-state index contributed by atoms with van der Waals surface area (Å²) in [7, 11) is 1.76. The lowest BCUT2D eigenvalue weighted by Gasteiger charge is -2.27. The van der Waals surface area contributed by atoms with E-state index in [2.05, 4.69) is 11.4 Å². The van der Waals surface area contributed by atoms with Gasteiger partial charge in [0.15, 0.2) is 0 Å². The molecule has 6 heteroatoms. The highest BCUT2D eigenvalue weighted by Gasteiger charge is 2.34. The van der Waals surface area contributed by atoms with Crippen molar-refractivity contribution < 1.29 is 14.7 Å². The third-order valence-electron chi connectivity index (χ3n) is 3.95. The minimum atomic E-state index is -0.860. The van der Waals surface area contributed by atoms with Crippen LogP contribution in [0, 0.1) is 5.92 Å². The van der Waals surface area contributed by atoms with Crippen LogP contribution < -0.4 is 5.32 Å². The van der Waals surface area contributed by atoms with E-state index in [1.165, 1.54) is 4.88 Å². The van der Waals surface area contributed by atoms with Gasteiger partial charge >= 0.3 is 12.0 Å². The van der Waals surface area contributed by atoms with E-state index in [1.54, 1.807) is 23.3 Å². The highest BCUT2D eigenvalue weighted by Crippen LogP contribution is 2.34. The number of hydrogen-bond acceptors (Lipinski definition) is 3. The van der Waals surface area contributed by atoms with Crippen LogP contribution in [-0.4, -0.2) is 41.1 Å². The van der Waals surface area contributed by atoms with Crippen molar-refractivity contribution in [3.05, 3.63) is 22.4 Å². The normalized spacial score (nSPS) is 17.0. The predicted octanol–water partition coefficient (Wildman–Crippen LogP) is 2.57. The Morgan fingerprint density at radius 1 is 1.52 bits per heavy atom. The van der Waals surface area contributed by atoms with Crippen molar-refractivity contribution in [1.82, 2.24) is 10.2 Å². The molecule has 0 bridgehead atoms. The Balaban J connectivity index is 1.86. The predicted molar refractivity (Wildman–Crippen MR) is 82.5 cm³/mol. The smallest absolute Gasteiger partial charge is 0.317 e. The second kappa shape index (κ2) is 6.93. The summed E-state index contributed by atoms with van der Waals surface area (Å²) in [6.45, 7) is 2.00. The number of carbonyl (C=O) groups is 2. The average molecular weight is 310 g/mol.